The van der Waals surface area contributed by atoms with Crippen molar-refractivity contribution in [2.45, 2.75) is 52.5 Å². The van der Waals surface area contributed by atoms with Crippen molar-refractivity contribution in [3.63, 3.8) is 0 Å². The number of nitrogens with one attached hydrogen (secondary N) is 2. The number of carbonyl (C=O) groups is 1. The van der Waals surface area contributed by atoms with Gasteiger partial charge in [0.15, 0.2) is 0 Å². The Labute approximate surface area is 122 Å². The van der Waals surface area contributed by atoms with Gasteiger partial charge >= 0.3 is 0 Å². The zero-order chi connectivity index (χ0) is 14.5. The fraction of sp³-hybridized carbons (Fsp3) is 0.588. The van der Waals surface area contributed by atoms with E-state index in [9.17, 15) is 4.79 Å². The molecule has 2 rings (SSSR count). The zero-order valence-electron chi connectivity index (χ0n) is 12.9. The number of amides is 1. The summed E-state index contributed by atoms with van der Waals surface area (Å²) < 4.78 is 0. The molecule has 0 bridgehead atoms. The molecule has 1 amide bonds. The van der Waals surface area contributed by atoms with E-state index in [1.807, 2.05) is 13.8 Å². The van der Waals surface area contributed by atoms with Crippen LogP contribution in [-0.4, -0.2) is 25.0 Å². The highest BCUT2D eigenvalue weighted by molar-refractivity contribution is 5.97. The lowest BCUT2D eigenvalue weighted by atomic mass is 9.99. The molecule has 1 aromatic rings. The molecule has 0 aliphatic carbocycles. The highest BCUT2D eigenvalue weighted by atomic mass is 16.1. The lowest BCUT2D eigenvalue weighted by Crippen LogP contribution is -2.37. The van der Waals surface area contributed by atoms with E-state index in [0.29, 0.717) is 6.04 Å². The summed E-state index contributed by atoms with van der Waals surface area (Å²) >= 11 is 0. The minimum Gasteiger partial charge on any atom is -0.352 e. The second kappa shape index (κ2) is 6.89. The third kappa shape index (κ3) is 3.83. The molecule has 0 aromatic heterocycles. The van der Waals surface area contributed by atoms with Gasteiger partial charge in [-0.3, -0.25) is 4.79 Å². The van der Waals surface area contributed by atoms with Crippen LogP contribution >= 0.6 is 0 Å². The van der Waals surface area contributed by atoms with Crippen LogP contribution in [0.15, 0.2) is 12.1 Å². The Morgan fingerprint density at radius 2 is 1.95 bits per heavy atom. The lowest BCUT2D eigenvalue weighted by Gasteiger charge is -2.23. The maximum atomic E-state index is 12.3. The van der Waals surface area contributed by atoms with Gasteiger partial charge in [-0.2, -0.15) is 0 Å². The fourth-order valence-corrected chi connectivity index (χ4v) is 3.16. The molecule has 0 spiro atoms. The number of rotatable bonds is 4. The quantitative estimate of drug-likeness (QED) is 0.886. The van der Waals surface area contributed by atoms with Gasteiger partial charge in [-0.1, -0.05) is 24.1 Å². The van der Waals surface area contributed by atoms with E-state index in [-0.39, 0.29) is 5.91 Å². The van der Waals surface area contributed by atoms with Crippen molar-refractivity contribution in [2.75, 3.05) is 13.1 Å². The number of piperidine rings is 1. The van der Waals surface area contributed by atoms with Crippen LogP contribution in [0.4, 0.5) is 0 Å². The molecule has 20 heavy (non-hydrogen) atoms. The Bertz CT molecular complexity index is 453. The summed E-state index contributed by atoms with van der Waals surface area (Å²) in [6.45, 7) is 7.96. The standard InChI is InChI=1S/C17H26N2O/c1-12-10-13(2)16(14(3)11-12)17(20)19-9-7-15-6-4-5-8-18-15/h10-11,15,18H,4-9H2,1-3H3,(H,19,20). The van der Waals surface area contributed by atoms with E-state index < -0.39 is 0 Å². The Morgan fingerprint density at radius 1 is 1.25 bits per heavy atom. The van der Waals surface area contributed by atoms with Crippen molar-refractivity contribution in [2.24, 2.45) is 0 Å². The lowest BCUT2D eigenvalue weighted by molar-refractivity contribution is 0.0950. The monoisotopic (exact) mass is 274 g/mol. The van der Waals surface area contributed by atoms with Crippen molar-refractivity contribution in [1.82, 2.24) is 10.6 Å². The largest absolute Gasteiger partial charge is 0.352 e. The van der Waals surface area contributed by atoms with Crippen LogP contribution in [0, 0.1) is 20.8 Å². The van der Waals surface area contributed by atoms with E-state index in [0.717, 1.165) is 36.2 Å². The summed E-state index contributed by atoms with van der Waals surface area (Å²) in [7, 11) is 0. The first kappa shape index (κ1) is 15.0. The molecule has 1 saturated heterocycles. The Hall–Kier alpha value is -1.35. The van der Waals surface area contributed by atoms with Crippen LogP contribution < -0.4 is 10.6 Å². The molecule has 1 unspecified atom stereocenters. The zero-order valence-corrected chi connectivity index (χ0v) is 12.9. The highest BCUT2D eigenvalue weighted by Crippen LogP contribution is 2.16. The summed E-state index contributed by atoms with van der Waals surface area (Å²) in [4.78, 5) is 12.3. The minimum atomic E-state index is 0.0656. The SMILES string of the molecule is Cc1cc(C)c(C(=O)NCCC2CCCCN2)c(C)c1. The first-order chi connectivity index (χ1) is 9.58. The molecular formula is C17H26N2O. The van der Waals surface area contributed by atoms with Gasteiger partial charge < -0.3 is 10.6 Å². The van der Waals surface area contributed by atoms with Gasteiger partial charge in [0.25, 0.3) is 5.91 Å². The third-order valence-corrected chi connectivity index (χ3v) is 4.09. The summed E-state index contributed by atoms with van der Waals surface area (Å²) in [5.74, 6) is 0.0656. The molecule has 0 radical (unpaired) electrons. The molecule has 3 nitrogen and oxygen atoms in total. The van der Waals surface area contributed by atoms with E-state index >= 15 is 0 Å². The van der Waals surface area contributed by atoms with Crippen LogP contribution in [0.3, 0.4) is 0 Å². The maximum Gasteiger partial charge on any atom is 0.251 e. The molecular weight excluding hydrogens is 248 g/mol. The molecule has 1 heterocycles. The maximum absolute atomic E-state index is 12.3. The van der Waals surface area contributed by atoms with Gasteiger partial charge in [-0.15, -0.1) is 0 Å². The van der Waals surface area contributed by atoms with Crippen molar-refractivity contribution in [1.29, 1.82) is 0 Å². The van der Waals surface area contributed by atoms with Crippen molar-refractivity contribution in [3.05, 3.63) is 34.4 Å². The fourth-order valence-electron chi connectivity index (χ4n) is 3.16. The van der Waals surface area contributed by atoms with E-state index in [4.69, 9.17) is 0 Å². The number of hydrogen-bond acceptors (Lipinski definition) is 2. The second-order valence-electron chi connectivity index (χ2n) is 5.97. The third-order valence-electron chi connectivity index (χ3n) is 4.09. The Morgan fingerprint density at radius 3 is 2.55 bits per heavy atom. The van der Waals surface area contributed by atoms with Gasteiger partial charge in [0, 0.05) is 18.2 Å². The molecule has 2 N–H and O–H groups in total. The first-order valence-electron chi connectivity index (χ1n) is 7.67. The van der Waals surface area contributed by atoms with E-state index in [2.05, 4.69) is 29.7 Å². The predicted molar refractivity (Wildman–Crippen MR) is 83.2 cm³/mol. The summed E-state index contributed by atoms with van der Waals surface area (Å²) in [5, 5.41) is 6.58. The normalized spacial score (nSPS) is 18.9. The molecule has 1 aliphatic heterocycles. The number of hydrogen-bond donors (Lipinski definition) is 2. The van der Waals surface area contributed by atoms with Crippen LogP contribution in [0.1, 0.15) is 52.7 Å². The van der Waals surface area contributed by atoms with E-state index in [1.54, 1.807) is 0 Å². The Balaban J connectivity index is 1.88. The van der Waals surface area contributed by atoms with Crippen molar-refractivity contribution >= 4 is 5.91 Å². The van der Waals surface area contributed by atoms with Crippen molar-refractivity contribution in [3.8, 4) is 0 Å². The average Bonchev–Trinajstić information content (AvgIpc) is 2.38. The summed E-state index contributed by atoms with van der Waals surface area (Å²) in [6.07, 6.45) is 4.85. The molecule has 3 heteroatoms. The van der Waals surface area contributed by atoms with Gasteiger partial charge in [-0.05, 0) is 57.7 Å². The molecule has 0 saturated carbocycles. The molecule has 1 aliphatic rings. The summed E-state index contributed by atoms with van der Waals surface area (Å²) in [6, 6.07) is 4.72. The smallest absolute Gasteiger partial charge is 0.251 e. The molecule has 1 atom stereocenters. The average molecular weight is 274 g/mol. The minimum absolute atomic E-state index is 0.0656. The second-order valence-corrected chi connectivity index (χ2v) is 5.97. The van der Waals surface area contributed by atoms with Gasteiger partial charge in [0.1, 0.15) is 0 Å². The van der Waals surface area contributed by atoms with Crippen LogP contribution in [-0.2, 0) is 0 Å². The number of benzene rings is 1. The van der Waals surface area contributed by atoms with Crippen molar-refractivity contribution < 1.29 is 4.79 Å². The number of carbonyl (C=O) groups excluding carboxylic acids is 1. The van der Waals surface area contributed by atoms with Crippen LogP contribution in [0.5, 0.6) is 0 Å². The first-order valence-corrected chi connectivity index (χ1v) is 7.67. The van der Waals surface area contributed by atoms with Crippen LogP contribution in [0.2, 0.25) is 0 Å². The molecule has 1 fully saturated rings. The predicted octanol–water partition coefficient (Wildman–Crippen LogP) is 2.87. The van der Waals surface area contributed by atoms with Gasteiger partial charge in [0.05, 0.1) is 0 Å². The molecule has 1 aromatic carbocycles. The van der Waals surface area contributed by atoms with Gasteiger partial charge in [-0.25, -0.2) is 0 Å². The topological polar surface area (TPSA) is 41.1 Å². The van der Waals surface area contributed by atoms with Gasteiger partial charge in [0.2, 0.25) is 0 Å². The van der Waals surface area contributed by atoms with E-state index in [1.165, 1.54) is 24.8 Å². The number of aryl methyl sites for hydroxylation is 3. The molecule has 110 valence electrons. The summed E-state index contributed by atoms with van der Waals surface area (Å²) in [5.41, 5.74) is 4.18. The highest BCUT2D eigenvalue weighted by Gasteiger charge is 2.15. The van der Waals surface area contributed by atoms with Crippen LogP contribution in [0.25, 0.3) is 0 Å². The Kier molecular flexibility index (Phi) is 5.18.